The van der Waals surface area contributed by atoms with Gasteiger partial charge in [0.15, 0.2) is 5.16 Å². The number of fused-ring (bicyclic) bond motifs is 1. The van der Waals surface area contributed by atoms with Crippen molar-refractivity contribution in [2.45, 2.75) is 10.9 Å². The summed E-state index contributed by atoms with van der Waals surface area (Å²) in [5.74, 6) is 0.511. The number of imidazole rings is 1. The summed E-state index contributed by atoms with van der Waals surface area (Å²) in [4.78, 5) is 18.2. The summed E-state index contributed by atoms with van der Waals surface area (Å²) >= 11 is 1.46. The number of thioether (sulfide) groups is 1. The molecule has 3 rings (SSSR count). The number of nitrogens with one attached hydrogen (secondary N) is 1. The first-order chi connectivity index (χ1) is 9.74. The molecule has 5 nitrogen and oxygen atoms in total. The Labute approximate surface area is 135 Å². The van der Waals surface area contributed by atoms with Gasteiger partial charge in [-0.3, -0.25) is 10.1 Å². The van der Waals surface area contributed by atoms with Gasteiger partial charge in [0.05, 0.1) is 16.0 Å². The smallest absolute Gasteiger partial charge is 0.273 e. The molecule has 0 saturated heterocycles. The highest BCUT2D eigenvalue weighted by Gasteiger charge is 2.13. The van der Waals surface area contributed by atoms with E-state index in [0.29, 0.717) is 11.3 Å². The summed E-state index contributed by atoms with van der Waals surface area (Å²) < 4.78 is 0. The van der Waals surface area contributed by atoms with Crippen molar-refractivity contribution in [1.82, 2.24) is 9.97 Å². The molecule has 0 saturated carbocycles. The van der Waals surface area contributed by atoms with E-state index in [1.54, 1.807) is 12.1 Å². The number of aromatic amines is 1. The summed E-state index contributed by atoms with van der Waals surface area (Å²) in [6, 6.07) is 14.5. The molecule has 1 heterocycles. The van der Waals surface area contributed by atoms with Gasteiger partial charge in [0.25, 0.3) is 5.69 Å². The molecule has 0 unspecified atom stereocenters. The fourth-order valence-corrected chi connectivity index (χ4v) is 2.84. The fraction of sp³-hybridized carbons (Fsp3) is 0.0714. The van der Waals surface area contributed by atoms with Gasteiger partial charge in [-0.2, -0.15) is 0 Å². The Bertz CT molecular complexity index is 743. The number of nitro benzene ring substituents is 1. The largest absolute Gasteiger partial charge is 0.333 e. The Balaban J connectivity index is 0.00000161. The average molecular weight is 366 g/mol. The zero-order valence-electron chi connectivity index (χ0n) is 10.9. The van der Waals surface area contributed by atoms with Crippen molar-refractivity contribution in [3.63, 3.8) is 0 Å². The normalized spacial score (nSPS) is 10.3. The summed E-state index contributed by atoms with van der Waals surface area (Å²) in [7, 11) is 0. The van der Waals surface area contributed by atoms with Gasteiger partial charge in [-0.25, -0.2) is 4.98 Å². The fourth-order valence-electron chi connectivity index (χ4n) is 1.95. The lowest BCUT2D eigenvalue weighted by Gasteiger charge is -2.00. The van der Waals surface area contributed by atoms with E-state index >= 15 is 0 Å². The highest BCUT2D eigenvalue weighted by molar-refractivity contribution is 8.93. The third kappa shape index (κ3) is 3.43. The van der Waals surface area contributed by atoms with Crippen LogP contribution in [-0.2, 0) is 5.75 Å². The van der Waals surface area contributed by atoms with Crippen molar-refractivity contribution in [3.8, 4) is 0 Å². The van der Waals surface area contributed by atoms with Gasteiger partial charge in [-0.15, -0.1) is 17.0 Å². The number of aromatic nitrogens is 2. The van der Waals surface area contributed by atoms with Crippen LogP contribution in [-0.4, -0.2) is 14.9 Å². The SMILES string of the molecule is Br.O=[N+]([O-])c1ccccc1CSc1nc2ccccc2[nH]1. The molecule has 21 heavy (non-hydrogen) atoms. The van der Waals surface area contributed by atoms with Crippen LogP contribution in [0.2, 0.25) is 0 Å². The van der Waals surface area contributed by atoms with E-state index in [2.05, 4.69) is 9.97 Å². The molecule has 0 bridgehead atoms. The van der Waals surface area contributed by atoms with Crippen LogP contribution in [0.25, 0.3) is 11.0 Å². The van der Waals surface area contributed by atoms with Crippen LogP contribution < -0.4 is 0 Å². The summed E-state index contributed by atoms with van der Waals surface area (Å²) in [6.07, 6.45) is 0. The number of hydrogen-bond acceptors (Lipinski definition) is 4. The minimum Gasteiger partial charge on any atom is -0.333 e. The number of nitro groups is 1. The monoisotopic (exact) mass is 365 g/mol. The van der Waals surface area contributed by atoms with Crippen molar-refractivity contribution < 1.29 is 4.92 Å². The predicted octanol–water partition coefficient (Wildman–Crippen LogP) is 4.34. The van der Waals surface area contributed by atoms with Gasteiger partial charge in [-0.1, -0.05) is 42.1 Å². The molecule has 0 aliphatic carbocycles. The number of halogens is 1. The Hall–Kier alpha value is -1.86. The molecule has 108 valence electrons. The molecule has 0 radical (unpaired) electrons. The van der Waals surface area contributed by atoms with Crippen LogP contribution in [0.1, 0.15) is 5.56 Å². The molecule has 7 heteroatoms. The molecule has 1 aromatic heterocycles. The van der Waals surface area contributed by atoms with E-state index in [1.807, 2.05) is 30.3 Å². The van der Waals surface area contributed by atoms with E-state index in [1.165, 1.54) is 17.8 Å². The Morgan fingerprint density at radius 2 is 1.86 bits per heavy atom. The zero-order chi connectivity index (χ0) is 13.9. The summed E-state index contributed by atoms with van der Waals surface area (Å²) in [5.41, 5.74) is 2.72. The molecule has 2 aromatic carbocycles. The zero-order valence-corrected chi connectivity index (χ0v) is 13.4. The van der Waals surface area contributed by atoms with E-state index in [4.69, 9.17) is 0 Å². The van der Waals surface area contributed by atoms with Crippen LogP contribution in [0.5, 0.6) is 0 Å². The van der Waals surface area contributed by atoms with Gasteiger partial charge in [-0.05, 0) is 12.1 Å². The first-order valence-electron chi connectivity index (χ1n) is 6.04. The van der Waals surface area contributed by atoms with Gasteiger partial charge >= 0.3 is 0 Å². The molecule has 3 aromatic rings. The highest BCUT2D eigenvalue weighted by Crippen LogP contribution is 2.27. The lowest BCUT2D eigenvalue weighted by atomic mass is 10.2. The van der Waals surface area contributed by atoms with E-state index in [-0.39, 0.29) is 27.6 Å². The van der Waals surface area contributed by atoms with E-state index in [9.17, 15) is 10.1 Å². The predicted molar refractivity (Wildman–Crippen MR) is 89.1 cm³/mol. The summed E-state index contributed by atoms with van der Waals surface area (Å²) in [5, 5.41) is 11.7. The first kappa shape index (κ1) is 15.5. The van der Waals surface area contributed by atoms with Crippen molar-refractivity contribution in [2.24, 2.45) is 0 Å². The van der Waals surface area contributed by atoms with Crippen molar-refractivity contribution in [2.75, 3.05) is 0 Å². The van der Waals surface area contributed by atoms with Crippen molar-refractivity contribution in [1.29, 1.82) is 0 Å². The van der Waals surface area contributed by atoms with Gasteiger partial charge in [0, 0.05) is 17.4 Å². The number of benzene rings is 2. The van der Waals surface area contributed by atoms with Crippen LogP contribution in [0.3, 0.4) is 0 Å². The lowest BCUT2D eigenvalue weighted by Crippen LogP contribution is -1.93. The second kappa shape index (κ2) is 6.73. The van der Waals surface area contributed by atoms with E-state index in [0.717, 1.165) is 16.2 Å². The number of H-pyrrole nitrogens is 1. The lowest BCUT2D eigenvalue weighted by molar-refractivity contribution is -0.385. The molecule has 0 spiro atoms. The second-order valence-corrected chi connectivity index (χ2v) is 5.20. The Morgan fingerprint density at radius 1 is 1.14 bits per heavy atom. The molecule has 0 fully saturated rings. The minimum atomic E-state index is -0.353. The molecular weight excluding hydrogens is 354 g/mol. The van der Waals surface area contributed by atoms with E-state index < -0.39 is 0 Å². The molecule has 0 atom stereocenters. The van der Waals surface area contributed by atoms with Crippen LogP contribution >= 0.6 is 28.7 Å². The Kier molecular flexibility index (Phi) is 4.98. The second-order valence-electron chi connectivity index (χ2n) is 4.23. The van der Waals surface area contributed by atoms with Crippen molar-refractivity contribution >= 4 is 45.5 Å². The first-order valence-corrected chi connectivity index (χ1v) is 7.02. The number of para-hydroxylation sites is 3. The van der Waals surface area contributed by atoms with Gasteiger partial charge in [0.2, 0.25) is 0 Å². The molecule has 0 amide bonds. The molecular formula is C14H12BrN3O2S. The van der Waals surface area contributed by atoms with Gasteiger partial charge in [0.1, 0.15) is 0 Å². The number of hydrogen-bond donors (Lipinski definition) is 1. The highest BCUT2D eigenvalue weighted by atomic mass is 79.9. The maximum Gasteiger partial charge on any atom is 0.273 e. The maximum absolute atomic E-state index is 10.9. The van der Waals surface area contributed by atoms with Crippen LogP contribution in [0.4, 0.5) is 5.69 Å². The van der Waals surface area contributed by atoms with Gasteiger partial charge < -0.3 is 4.98 Å². The average Bonchev–Trinajstić information content (AvgIpc) is 2.88. The maximum atomic E-state index is 10.9. The standard InChI is InChI=1S/C14H11N3O2S.BrH/c18-17(19)13-8-4-1-5-10(13)9-20-14-15-11-6-2-3-7-12(11)16-14;/h1-8H,9H2,(H,15,16);1H. The van der Waals surface area contributed by atoms with Crippen molar-refractivity contribution in [3.05, 3.63) is 64.2 Å². The quantitative estimate of drug-likeness (QED) is 0.424. The number of nitrogens with zero attached hydrogens (tertiary/aromatic N) is 2. The summed E-state index contributed by atoms with van der Waals surface area (Å²) in [6.45, 7) is 0. The minimum absolute atomic E-state index is 0. The third-order valence-corrected chi connectivity index (χ3v) is 3.84. The Morgan fingerprint density at radius 3 is 2.62 bits per heavy atom. The molecule has 0 aliphatic heterocycles. The topological polar surface area (TPSA) is 71.8 Å². The molecule has 1 N–H and O–H groups in total. The third-order valence-electron chi connectivity index (χ3n) is 2.92. The van der Waals surface area contributed by atoms with Crippen LogP contribution in [0, 0.1) is 10.1 Å². The van der Waals surface area contributed by atoms with Crippen LogP contribution in [0.15, 0.2) is 53.7 Å². The number of rotatable bonds is 4. The molecule has 0 aliphatic rings.